The molecule has 1 rings (SSSR count). The van der Waals surface area contributed by atoms with Crippen LogP contribution in [0.25, 0.3) is 0 Å². The van der Waals surface area contributed by atoms with Crippen LogP contribution in [0.15, 0.2) is 0 Å². The van der Waals surface area contributed by atoms with Gasteiger partial charge in [0.1, 0.15) is 5.60 Å². The molecule has 0 spiro atoms. The fraction of sp³-hybridized carbons (Fsp3) is 0.833. The molecule has 6 nitrogen and oxygen atoms in total. The zero-order valence-corrected chi connectivity index (χ0v) is 11.3. The highest BCUT2D eigenvalue weighted by Crippen LogP contribution is 2.18. The van der Waals surface area contributed by atoms with Crippen molar-refractivity contribution in [2.75, 3.05) is 13.1 Å². The number of nitrogens with zero attached hydrogens (tertiary/aromatic N) is 1. The summed E-state index contributed by atoms with van der Waals surface area (Å²) in [4.78, 5) is 24.0. The first-order valence-corrected chi connectivity index (χ1v) is 6.05. The second-order valence-corrected chi connectivity index (χ2v) is 5.45. The van der Waals surface area contributed by atoms with Gasteiger partial charge in [-0.1, -0.05) is 0 Å². The van der Waals surface area contributed by atoms with Gasteiger partial charge in [-0.2, -0.15) is 0 Å². The number of amides is 1. The summed E-state index contributed by atoms with van der Waals surface area (Å²) in [6.45, 7) is 7.82. The molecule has 0 aromatic rings. The van der Waals surface area contributed by atoms with Crippen LogP contribution in [-0.4, -0.2) is 53.0 Å². The zero-order valence-electron chi connectivity index (χ0n) is 11.3. The van der Waals surface area contributed by atoms with Crippen molar-refractivity contribution in [3.8, 4) is 0 Å². The molecule has 0 bridgehead atoms. The minimum atomic E-state index is -0.995. The largest absolute Gasteiger partial charge is 0.479 e. The van der Waals surface area contributed by atoms with Crippen molar-refractivity contribution in [2.24, 2.45) is 0 Å². The minimum Gasteiger partial charge on any atom is -0.479 e. The van der Waals surface area contributed by atoms with Crippen LogP contribution >= 0.6 is 0 Å². The molecule has 18 heavy (non-hydrogen) atoms. The van der Waals surface area contributed by atoms with Gasteiger partial charge in [-0.25, -0.2) is 9.59 Å². The van der Waals surface area contributed by atoms with Gasteiger partial charge in [0.2, 0.25) is 0 Å². The summed E-state index contributed by atoms with van der Waals surface area (Å²) in [5.74, 6) is -0.995. The lowest BCUT2D eigenvalue weighted by Crippen LogP contribution is -2.36. The SMILES string of the molecule is CC(O[C@H]1CCN(C(=O)OC(C)(C)C)C1)C(=O)O. The lowest BCUT2D eigenvalue weighted by Gasteiger charge is -2.24. The van der Waals surface area contributed by atoms with Crippen LogP contribution in [0.5, 0.6) is 0 Å². The van der Waals surface area contributed by atoms with Crippen molar-refractivity contribution in [1.82, 2.24) is 4.90 Å². The van der Waals surface area contributed by atoms with Crippen molar-refractivity contribution >= 4 is 12.1 Å². The fourth-order valence-corrected chi connectivity index (χ4v) is 1.68. The third kappa shape index (κ3) is 4.52. The number of carboxylic acids is 1. The average Bonchev–Trinajstić information content (AvgIpc) is 2.63. The molecule has 1 amide bonds. The highest BCUT2D eigenvalue weighted by atomic mass is 16.6. The van der Waals surface area contributed by atoms with E-state index in [-0.39, 0.29) is 12.2 Å². The first-order valence-electron chi connectivity index (χ1n) is 6.05. The molecule has 0 saturated carbocycles. The minimum absolute atomic E-state index is 0.233. The van der Waals surface area contributed by atoms with Gasteiger partial charge in [0.05, 0.1) is 12.6 Å². The quantitative estimate of drug-likeness (QED) is 0.831. The van der Waals surface area contributed by atoms with Crippen LogP contribution in [0.3, 0.4) is 0 Å². The van der Waals surface area contributed by atoms with E-state index in [0.717, 1.165) is 0 Å². The number of hydrogen-bond donors (Lipinski definition) is 1. The predicted octanol–water partition coefficient (Wildman–Crippen LogP) is 1.49. The van der Waals surface area contributed by atoms with Gasteiger partial charge in [0.15, 0.2) is 6.10 Å². The second kappa shape index (κ2) is 5.56. The van der Waals surface area contributed by atoms with Crippen molar-refractivity contribution in [3.05, 3.63) is 0 Å². The Hall–Kier alpha value is -1.30. The van der Waals surface area contributed by atoms with Crippen LogP contribution in [0.1, 0.15) is 34.1 Å². The molecule has 1 aliphatic rings. The number of carbonyl (C=O) groups is 2. The Morgan fingerprint density at radius 2 is 2.00 bits per heavy atom. The number of aliphatic carboxylic acids is 1. The van der Waals surface area contributed by atoms with Gasteiger partial charge in [-0.3, -0.25) is 0 Å². The van der Waals surface area contributed by atoms with E-state index in [1.165, 1.54) is 6.92 Å². The van der Waals surface area contributed by atoms with Gasteiger partial charge in [-0.05, 0) is 34.1 Å². The number of rotatable bonds is 3. The summed E-state index contributed by atoms with van der Waals surface area (Å²) in [5, 5.41) is 8.74. The molecule has 0 radical (unpaired) electrons. The Balaban J connectivity index is 2.41. The number of carboxylic acid groups (broad SMARTS) is 1. The molecule has 1 N–H and O–H groups in total. The Bertz CT molecular complexity index is 323. The second-order valence-electron chi connectivity index (χ2n) is 5.45. The molecule has 1 heterocycles. The van der Waals surface area contributed by atoms with Crippen LogP contribution in [0, 0.1) is 0 Å². The Labute approximate surface area is 107 Å². The monoisotopic (exact) mass is 259 g/mol. The third-order valence-corrected chi connectivity index (χ3v) is 2.54. The fourth-order valence-electron chi connectivity index (χ4n) is 1.68. The zero-order chi connectivity index (χ0) is 13.9. The van der Waals surface area contributed by atoms with Crippen molar-refractivity contribution in [1.29, 1.82) is 0 Å². The number of hydrogen-bond acceptors (Lipinski definition) is 4. The molecule has 104 valence electrons. The lowest BCUT2D eigenvalue weighted by atomic mass is 10.2. The summed E-state index contributed by atoms with van der Waals surface area (Å²) in [6.07, 6.45) is -0.828. The Morgan fingerprint density at radius 1 is 1.39 bits per heavy atom. The molecular formula is C12H21NO5. The van der Waals surface area contributed by atoms with Gasteiger partial charge in [-0.15, -0.1) is 0 Å². The maximum atomic E-state index is 11.8. The van der Waals surface area contributed by atoms with E-state index in [0.29, 0.717) is 19.5 Å². The average molecular weight is 259 g/mol. The molecule has 6 heteroatoms. The molecule has 1 aliphatic heterocycles. The summed E-state index contributed by atoms with van der Waals surface area (Å²) in [5.41, 5.74) is -0.523. The summed E-state index contributed by atoms with van der Waals surface area (Å²) >= 11 is 0. The standard InChI is InChI=1S/C12H21NO5/c1-8(10(14)15)17-9-5-6-13(7-9)11(16)18-12(2,3)4/h8-9H,5-7H2,1-4H3,(H,14,15)/t8?,9-/m0/s1. The van der Waals surface area contributed by atoms with E-state index in [2.05, 4.69) is 0 Å². The van der Waals surface area contributed by atoms with Crippen molar-refractivity contribution in [3.63, 3.8) is 0 Å². The summed E-state index contributed by atoms with van der Waals surface area (Å²) < 4.78 is 10.6. The van der Waals surface area contributed by atoms with Crippen LogP contribution in [0.4, 0.5) is 4.79 Å². The van der Waals surface area contributed by atoms with E-state index >= 15 is 0 Å². The third-order valence-electron chi connectivity index (χ3n) is 2.54. The Kier molecular flexibility index (Phi) is 4.56. The van der Waals surface area contributed by atoms with Crippen LogP contribution in [-0.2, 0) is 14.3 Å². The highest BCUT2D eigenvalue weighted by Gasteiger charge is 2.31. The Morgan fingerprint density at radius 3 is 2.50 bits per heavy atom. The van der Waals surface area contributed by atoms with Gasteiger partial charge >= 0.3 is 12.1 Å². The first-order chi connectivity index (χ1) is 8.19. The van der Waals surface area contributed by atoms with E-state index in [9.17, 15) is 9.59 Å². The van der Waals surface area contributed by atoms with Gasteiger partial charge < -0.3 is 19.5 Å². The van der Waals surface area contributed by atoms with Crippen LogP contribution < -0.4 is 0 Å². The topological polar surface area (TPSA) is 76.1 Å². The molecule has 0 aromatic carbocycles. The number of carbonyl (C=O) groups excluding carboxylic acids is 1. The maximum absolute atomic E-state index is 11.8. The highest BCUT2D eigenvalue weighted by molar-refractivity contribution is 5.71. The summed E-state index contributed by atoms with van der Waals surface area (Å²) in [7, 11) is 0. The first kappa shape index (κ1) is 14.8. The molecule has 1 fully saturated rings. The van der Waals surface area contributed by atoms with Gasteiger partial charge in [0, 0.05) is 6.54 Å². The normalized spacial score (nSPS) is 21.8. The summed E-state index contributed by atoms with van der Waals surface area (Å²) in [6, 6.07) is 0. The van der Waals surface area contributed by atoms with E-state index in [1.54, 1.807) is 4.90 Å². The predicted molar refractivity (Wildman–Crippen MR) is 64.4 cm³/mol. The van der Waals surface area contributed by atoms with E-state index in [4.69, 9.17) is 14.6 Å². The molecule has 1 unspecified atom stereocenters. The maximum Gasteiger partial charge on any atom is 0.410 e. The van der Waals surface area contributed by atoms with Crippen molar-refractivity contribution in [2.45, 2.75) is 51.9 Å². The molecule has 1 saturated heterocycles. The smallest absolute Gasteiger partial charge is 0.410 e. The lowest BCUT2D eigenvalue weighted by molar-refractivity contribution is -0.152. The van der Waals surface area contributed by atoms with Crippen LogP contribution in [0.2, 0.25) is 0 Å². The molecule has 0 aliphatic carbocycles. The van der Waals surface area contributed by atoms with E-state index in [1.807, 2.05) is 20.8 Å². The molecule has 0 aromatic heterocycles. The molecular weight excluding hydrogens is 238 g/mol. The number of likely N-dealkylation sites (tertiary alicyclic amines) is 1. The van der Waals surface area contributed by atoms with E-state index < -0.39 is 17.7 Å². The molecule has 2 atom stereocenters. The number of ether oxygens (including phenoxy) is 2. The van der Waals surface area contributed by atoms with Gasteiger partial charge in [0.25, 0.3) is 0 Å². The van der Waals surface area contributed by atoms with Crippen molar-refractivity contribution < 1.29 is 24.2 Å².